The van der Waals surface area contributed by atoms with Crippen molar-refractivity contribution < 1.29 is 0 Å². The highest BCUT2D eigenvalue weighted by molar-refractivity contribution is 6.17. The summed E-state index contributed by atoms with van der Waals surface area (Å²) in [5.74, 6) is 0. The van der Waals surface area contributed by atoms with Gasteiger partial charge in [0.25, 0.3) is 0 Å². The Morgan fingerprint density at radius 1 is 1.23 bits per heavy atom. The first-order valence-corrected chi connectivity index (χ1v) is 4.01. The van der Waals surface area contributed by atoms with Gasteiger partial charge < -0.3 is 0 Å². The molecule has 0 saturated heterocycles. The molecule has 2 aliphatic heterocycles. The highest BCUT2D eigenvalue weighted by Gasteiger charge is 2.41. The smallest absolute Gasteiger partial charge is 0.239 e. The summed E-state index contributed by atoms with van der Waals surface area (Å²) >= 11 is 0. The SMILES string of the molecule is C1=CC2=CN=NC23N=CC=NC3=C1. The highest BCUT2D eigenvalue weighted by atomic mass is 15.3. The van der Waals surface area contributed by atoms with Crippen molar-refractivity contribution >= 4 is 12.4 Å². The van der Waals surface area contributed by atoms with Gasteiger partial charge in [0.1, 0.15) is 0 Å². The molecule has 0 aromatic heterocycles. The topological polar surface area (TPSA) is 49.4 Å². The zero-order valence-corrected chi connectivity index (χ0v) is 6.75. The van der Waals surface area contributed by atoms with Gasteiger partial charge in [-0.1, -0.05) is 12.2 Å². The van der Waals surface area contributed by atoms with E-state index in [0.717, 1.165) is 11.3 Å². The molecule has 0 N–H and O–H groups in total. The third kappa shape index (κ3) is 0.697. The van der Waals surface area contributed by atoms with Gasteiger partial charge in [0.2, 0.25) is 5.66 Å². The third-order valence-electron chi connectivity index (χ3n) is 2.23. The molecule has 0 amide bonds. The van der Waals surface area contributed by atoms with Crippen molar-refractivity contribution in [2.45, 2.75) is 5.66 Å². The lowest BCUT2D eigenvalue weighted by Crippen LogP contribution is -2.29. The molecule has 0 aromatic rings. The normalized spacial score (nSPS) is 32.6. The lowest BCUT2D eigenvalue weighted by molar-refractivity contribution is 0.610. The fraction of sp³-hybridized carbons (Fsp3) is 0.111. The fourth-order valence-corrected chi connectivity index (χ4v) is 1.59. The van der Waals surface area contributed by atoms with Crippen LogP contribution in [0.3, 0.4) is 0 Å². The molecule has 2 heterocycles. The maximum Gasteiger partial charge on any atom is 0.239 e. The van der Waals surface area contributed by atoms with Crippen molar-refractivity contribution in [3.05, 3.63) is 35.7 Å². The van der Waals surface area contributed by atoms with Crippen LogP contribution in [0.15, 0.2) is 55.9 Å². The molecule has 0 aromatic carbocycles. The highest BCUT2D eigenvalue weighted by Crippen LogP contribution is 2.40. The molecule has 1 aliphatic carbocycles. The summed E-state index contributed by atoms with van der Waals surface area (Å²) in [6.45, 7) is 0. The Balaban J connectivity index is 2.28. The first-order chi connectivity index (χ1) is 6.42. The molecule has 1 spiro atoms. The minimum Gasteiger partial charge on any atom is -0.255 e. The van der Waals surface area contributed by atoms with E-state index in [2.05, 4.69) is 20.2 Å². The van der Waals surface area contributed by atoms with E-state index < -0.39 is 5.66 Å². The summed E-state index contributed by atoms with van der Waals surface area (Å²) in [5, 5.41) is 8.00. The molecule has 3 aliphatic rings. The molecule has 62 valence electrons. The maximum absolute atomic E-state index is 4.32. The van der Waals surface area contributed by atoms with E-state index in [1.54, 1.807) is 18.6 Å². The zero-order chi connectivity index (χ0) is 8.73. The summed E-state index contributed by atoms with van der Waals surface area (Å²) in [5.41, 5.74) is 1.17. The van der Waals surface area contributed by atoms with Crippen LogP contribution in [0.25, 0.3) is 0 Å². The number of azo groups is 1. The molecule has 1 atom stereocenters. The lowest BCUT2D eigenvalue weighted by Gasteiger charge is -2.26. The van der Waals surface area contributed by atoms with Crippen LogP contribution in [0.5, 0.6) is 0 Å². The van der Waals surface area contributed by atoms with Gasteiger partial charge in [0.05, 0.1) is 11.9 Å². The summed E-state index contributed by atoms with van der Waals surface area (Å²) in [6.07, 6.45) is 10.9. The molecule has 1 unspecified atom stereocenters. The van der Waals surface area contributed by atoms with E-state index >= 15 is 0 Å². The van der Waals surface area contributed by atoms with Gasteiger partial charge in [-0.05, 0) is 6.08 Å². The van der Waals surface area contributed by atoms with Gasteiger partial charge in [0, 0.05) is 18.0 Å². The van der Waals surface area contributed by atoms with Gasteiger partial charge in [-0.3, -0.25) is 4.99 Å². The molecule has 13 heavy (non-hydrogen) atoms. The van der Waals surface area contributed by atoms with E-state index in [1.165, 1.54) is 0 Å². The Morgan fingerprint density at radius 3 is 3.23 bits per heavy atom. The predicted octanol–water partition coefficient (Wildman–Crippen LogP) is 1.64. The number of allylic oxidation sites excluding steroid dienone is 2. The minimum absolute atomic E-state index is 0.649. The Labute approximate surface area is 74.8 Å². The number of nitrogens with zero attached hydrogens (tertiary/aromatic N) is 4. The molecule has 0 bridgehead atoms. The first kappa shape index (κ1) is 6.65. The molecular formula is C9H6N4. The summed E-state index contributed by atoms with van der Waals surface area (Å²) in [4.78, 5) is 8.55. The van der Waals surface area contributed by atoms with Crippen molar-refractivity contribution in [3.8, 4) is 0 Å². The molecular weight excluding hydrogens is 164 g/mol. The Kier molecular flexibility index (Phi) is 1.07. The van der Waals surface area contributed by atoms with Crippen molar-refractivity contribution in [2.24, 2.45) is 20.2 Å². The molecule has 0 radical (unpaired) electrons. The van der Waals surface area contributed by atoms with Gasteiger partial charge in [0.15, 0.2) is 0 Å². The van der Waals surface area contributed by atoms with Crippen molar-refractivity contribution in [1.29, 1.82) is 0 Å². The van der Waals surface area contributed by atoms with Gasteiger partial charge in [-0.2, -0.15) is 5.11 Å². The van der Waals surface area contributed by atoms with E-state index in [4.69, 9.17) is 0 Å². The van der Waals surface area contributed by atoms with E-state index in [1.807, 2.05) is 18.2 Å². The summed E-state index contributed by atoms with van der Waals surface area (Å²) in [7, 11) is 0. The average Bonchev–Trinajstić information content (AvgIpc) is 2.58. The largest absolute Gasteiger partial charge is 0.255 e. The van der Waals surface area contributed by atoms with Crippen LogP contribution in [0, 0.1) is 0 Å². The second-order valence-electron chi connectivity index (χ2n) is 2.94. The van der Waals surface area contributed by atoms with E-state index in [9.17, 15) is 0 Å². The first-order valence-electron chi connectivity index (χ1n) is 4.01. The van der Waals surface area contributed by atoms with Crippen LogP contribution in [0.1, 0.15) is 0 Å². The lowest BCUT2D eigenvalue weighted by atomic mass is 9.93. The van der Waals surface area contributed by atoms with Crippen LogP contribution in [-0.2, 0) is 0 Å². The van der Waals surface area contributed by atoms with Crippen LogP contribution < -0.4 is 0 Å². The van der Waals surface area contributed by atoms with Crippen LogP contribution in [0.2, 0.25) is 0 Å². The van der Waals surface area contributed by atoms with Crippen molar-refractivity contribution in [2.75, 3.05) is 0 Å². The molecule has 0 fully saturated rings. The summed E-state index contributed by atoms with van der Waals surface area (Å²) in [6, 6.07) is 0. The Bertz CT molecular complexity index is 437. The standard InChI is InChI=1S/C9H6N4/c1-2-7-6-12-13-9(7)8(3-1)10-4-5-11-9/h1-6H. The van der Waals surface area contributed by atoms with Gasteiger partial charge in [-0.25, -0.2) is 4.99 Å². The Morgan fingerprint density at radius 2 is 2.23 bits per heavy atom. The van der Waals surface area contributed by atoms with E-state index in [0.29, 0.717) is 0 Å². The second kappa shape index (κ2) is 2.10. The number of rotatable bonds is 0. The van der Waals surface area contributed by atoms with Crippen LogP contribution in [-0.4, -0.2) is 18.1 Å². The van der Waals surface area contributed by atoms with Crippen molar-refractivity contribution in [3.63, 3.8) is 0 Å². The summed E-state index contributed by atoms with van der Waals surface area (Å²) < 4.78 is 0. The number of hydrogen-bond donors (Lipinski definition) is 0. The number of hydrogen-bond acceptors (Lipinski definition) is 4. The molecule has 4 heteroatoms. The molecule has 4 nitrogen and oxygen atoms in total. The monoisotopic (exact) mass is 170 g/mol. The third-order valence-corrected chi connectivity index (χ3v) is 2.23. The van der Waals surface area contributed by atoms with Gasteiger partial charge in [-0.15, -0.1) is 5.11 Å². The maximum atomic E-state index is 4.32. The van der Waals surface area contributed by atoms with Crippen molar-refractivity contribution in [1.82, 2.24) is 0 Å². The van der Waals surface area contributed by atoms with Crippen LogP contribution >= 0.6 is 0 Å². The van der Waals surface area contributed by atoms with Crippen LogP contribution in [0.4, 0.5) is 0 Å². The number of aliphatic imine (C=N–C) groups is 2. The minimum atomic E-state index is -0.649. The van der Waals surface area contributed by atoms with Gasteiger partial charge >= 0.3 is 0 Å². The second-order valence-corrected chi connectivity index (χ2v) is 2.94. The quantitative estimate of drug-likeness (QED) is 0.530. The predicted molar refractivity (Wildman–Crippen MR) is 49.9 cm³/mol. The Hall–Kier alpha value is -1.84. The van der Waals surface area contributed by atoms with E-state index in [-0.39, 0.29) is 0 Å². The fourth-order valence-electron chi connectivity index (χ4n) is 1.59. The molecule has 0 saturated carbocycles. The molecule has 3 rings (SSSR count). The average molecular weight is 170 g/mol. The zero-order valence-electron chi connectivity index (χ0n) is 6.75.